The second-order valence-corrected chi connectivity index (χ2v) is 5.89. The van der Waals surface area contributed by atoms with E-state index in [0.717, 1.165) is 27.9 Å². The van der Waals surface area contributed by atoms with Crippen molar-refractivity contribution in [2.45, 2.75) is 13.8 Å². The van der Waals surface area contributed by atoms with Crippen molar-refractivity contribution in [2.24, 2.45) is 0 Å². The SMILES string of the molecule is Cc1ccc(NC(=O)NCCOc2ccc3ncccc3c2)cc1C. The number of rotatable bonds is 5. The van der Waals surface area contributed by atoms with Crippen LogP contribution < -0.4 is 15.4 Å². The van der Waals surface area contributed by atoms with Gasteiger partial charge < -0.3 is 15.4 Å². The number of amides is 2. The lowest BCUT2D eigenvalue weighted by molar-refractivity contribution is 0.247. The zero-order valence-corrected chi connectivity index (χ0v) is 14.4. The number of carbonyl (C=O) groups is 1. The lowest BCUT2D eigenvalue weighted by Gasteiger charge is -2.10. The Labute approximate surface area is 147 Å². The molecule has 2 amide bonds. The van der Waals surface area contributed by atoms with E-state index in [1.165, 1.54) is 5.56 Å². The predicted octanol–water partition coefficient (Wildman–Crippen LogP) is 4.05. The van der Waals surface area contributed by atoms with Crippen molar-refractivity contribution in [1.29, 1.82) is 0 Å². The molecule has 25 heavy (non-hydrogen) atoms. The molecule has 5 heteroatoms. The number of anilines is 1. The monoisotopic (exact) mass is 335 g/mol. The molecular formula is C20H21N3O2. The average Bonchev–Trinajstić information content (AvgIpc) is 2.62. The topological polar surface area (TPSA) is 63.2 Å². The largest absolute Gasteiger partial charge is 0.492 e. The molecule has 1 heterocycles. The minimum Gasteiger partial charge on any atom is -0.492 e. The molecule has 3 aromatic rings. The van der Waals surface area contributed by atoms with Gasteiger partial charge in [-0.1, -0.05) is 12.1 Å². The van der Waals surface area contributed by atoms with Crippen molar-refractivity contribution in [3.8, 4) is 5.75 Å². The summed E-state index contributed by atoms with van der Waals surface area (Å²) in [5.74, 6) is 0.761. The lowest BCUT2D eigenvalue weighted by Crippen LogP contribution is -2.32. The molecule has 128 valence electrons. The minimum atomic E-state index is -0.241. The molecule has 2 N–H and O–H groups in total. The molecule has 3 rings (SSSR count). The summed E-state index contributed by atoms with van der Waals surface area (Å²) in [7, 11) is 0. The number of aromatic nitrogens is 1. The van der Waals surface area contributed by atoms with Gasteiger partial charge in [-0.05, 0) is 61.4 Å². The predicted molar refractivity (Wildman–Crippen MR) is 100 cm³/mol. The zero-order valence-electron chi connectivity index (χ0n) is 14.4. The number of urea groups is 1. The molecule has 0 atom stereocenters. The fourth-order valence-electron chi connectivity index (χ4n) is 2.47. The van der Waals surface area contributed by atoms with Crippen LogP contribution in [0.1, 0.15) is 11.1 Å². The van der Waals surface area contributed by atoms with E-state index in [1.807, 2.05) is 62.4 Å². The number of nitrogens with one attached hydrogen (secondary N) is 2. The Morgan fingerprint density at radius 3 is 2.80 bits per heavy atom. The van der Waals surface area contributed by atoms with Crippen molar-refractivity contribution in [3.05, 3.63) is 65.9 Å². The smallest absolute Gasteiger partial charge is 0.319 e. The molecule has 1 aromatic heterocycles. The van der Waals surface area contributed by atoms with Crippen molar-refractivity contribution in [2.75, 3.05) is 18.5 Å². The van der Waals surface area contributed by atoms with E-state index in [9.17, 15) is 4.79 Å². The molecular weight excluding hydrogens is 314 g/mol. The summed E-state index contributed by atoms with van der Waals surface area (Å²) in [6.45, 7) is 4.87. The van der Waals surface area contributed by atoms with E-state index < -0.39 is 0 Å². The van der Waals surface area contributed by atoms with Crippen LogP contribution in [0.3, 0.4) is 0 Å². The standard InChI is InChI=1S/C20H21N3O2/c1-14-5-6-17(12-15(14)2)23-20(24)22-10-11-25-18-7-8-19-16(13-18)4-3-9-21-19/h3-9,12-13H,10-11H2,1-2H3,(H2,22,23,24). The second kappa shape index (κ2) is 7.66. The van der Waals surface area contributed by atoms with Crippen LogP contribution in [0.15, 0.2) is 54.7 Å². The highest BCUT2D eigenvalue weighted by atomic mass is 16.5. The highest BCUT2D eigenvalue weighted by Crippen LogP contribution is 2.18. The molecule has 0 spiro atoms. The van der Waals surface area contributed by atoms with E-state index in [4.69, 9.17) is 4.74 Å². The summed E-state index contributed by atoms with van der Waals surface area (Å²) in [5, 5.41) is 6.63. The molecule has 5 nitrogen and oxygen atoms in total. The number of ether oxygens (including phenoxy) is 1. The van der Waals surface area contributed by atoms with Crippen LogP contribution in [-0.2, 0) is 0 Å². The van der Waals surface area contributed by atoms with Gasteiger partial charge in [0.05, 0.1) is 12.1 Å². The summed E-state index contributed by atoms with van der Waals surface area (Å²) in [6.07, 6.45) is 1.76. The van der Waals surface area contributed by atoms with Gasteiger partial charge in [0.2, 0.25) is 0 Å². The molecule has 0 saturated heterocycles. The summed E-state index contributed by atoms with van der Waals surface area (Å²) >= 11 is 0. The van der Waals surface area contributed by atoms with E-state index in [2.05, 4.69) is 15.6 Å². The van der Waals surface area contributed by atoms with Crippen LogP contribution >= 0.6 is 0 Å². The van der Waals surface area contributed by atoms with Crippen LogP contribution in [0.5, 0.6) is 5.75 Å². The Balaban J connectivity index is 1.45. The Hall–Kier alpha value is -3.08. The van der Waals surface area contributed by atoms with Crippen molar-refractivity contribution < 1.29 is 9.53 Å². The first-order valence-electron chi connectivity index (χ1n) is 8.21. The maximum atomic E-state index is 11.9. The number of nitrogens with zero attached hydrogens (tertiary/aromatic N) is 1. The van der Waals surface area contributed by atoms with Gasteiger partial charge in [-0.3, -0.25) is 4.98 Å². The lowest BCUT2D eigenvalue weighted by atomic mass is 10.1. The van der Waals surface area contributed by atoms with Crippen LogP contribution in [0.2, 0.25) is 0 Å². The second-order valence-electron chi connectivity index (χ2n) is 5.89. The maximum Gasteiger partial charge on any atom is 0.319 e. The minimum absolute atomic E-state index is 0.241. The molecule has 0 aliphatic carbocycles. The molecule has 0 saturated carbocycles. The van der Waals surface area contributed by atoms with Crippen LogP contribution in [0, 0.1) is 13.8 Å². The Kier molecular flexibility index (Phi) is 5.14. The van der Waals surface area contributed by atoms with Crippen LogP contribution in [-0.4, -0.2) is 24.2 Å². The number of aryl methyl sites for hydroxylation is 2. The third-order valence-electron chi connectivity index (χ3n) is 4.00. The summed E-state index contributed by atoms with van der Waals surface area (Å²) in [4.78, 5) is 16.2. The zero-order chi connectivity index (χ0) is 17.6. The Bertz CT molecular complexity index is 893. The van der Waals surface area contributed by atoms with Gasteiger partial charge in [0.1, 0.15) is 12.4 Å². The molecule has 0 aliphatic rings. The Morgan fingerprint density at radius 2 is 1.96 bits per heavy atom. The molecule has 0 aliphatic heterocycles. The van der Waals surface area contributed by atoms with Crippen molar-refractivity contribution in [1.82, 2.24) is 10.3 Å². The Morgan fingerprint density at radius 1 is 1.08 bits per heavy atom. The molecule has 0 fully saturated rings. The summed E-state index contributed by atoms with van der Waals surface area (Å²) in [6, 6.07) is 15.2. The number of fused-ring (bicyclic) bond motifs is 1. The van der Waals surface area contributed by atoms with Gasteiger partial charge >= 0.3 is 6.03 Å². The first-order chi connectivity index (χ1) is 12.1. The average molecular weight is 335 g/mol. The third-order valence-corrected chi connectivity index (χ3v) is 4.00. The van der Waals surface area contributed by atoms with Gasteiger partial charge in [0.25, 0.3) is 0 Å². The number of benzene rings is 2. The van der Waals surface area contributed by atoms with Crippen LogP contribution in [0.4, 0.5) is 10.5 Å². The molecule has 0 radical (unpaired) electrons. The fourth-order valence-corrected chi connectivity index (χ4v) is 2.47. The number of hydrogen-bond acceptors (Lipinski definition) is 3. The van der Waals surface area contributed by atoms with Crippen molar-refractivity contribution in [3.63, 3.8) is 0 Å². The maximum absolute atomic E-state index is 11.9. The van der Waals surface area contributed by atoms with Crippen molar-refractivity contribution >= 4 is 22.6 Å². The third kappa shape index (κ3) is 4.47. The molecule has 2 aromatic carbocycles. The van der Waals surface area contributed by atoms with E-state index in [1.54, 1.807) is 6.20 Å². The number of pyridine rings is 1. The summed E-state index contributed by atoms with van der Waals surface area (Å²) in [5.41, 5.74) is 4.06. The fraction of sp³-hybridized carbons (Fsp3) is 0.200. The quantitative estimate of drug-likeness (QED) is 0.691. The molecule has 0 unspecified atom stereocenters. The highest BCUT2D eigenvalue weighted by Gasteiger charge is 2.03. The first-order valence-corrected chi connectivity index (χ1v) is 8.21. The van der Waals surface area contributed by atoms with E-state index in [0.29, 0.717) is 13.2 Å². The molecule has 0 bridgehead atoms. The first kappa shape index (κ1) is 16.8. The van der Waals surface area contributed by atoms with Gasteiger partial charge in [-0.25, -0.2) is 4.79 Å². The van der Waals surface area contributed by atoms with Crippen LogP contribution in [0.25, 0.3) is 10.9 Å². The highest BCUT2D eigenvalue weighted by molar-refractivity contribution is 5.89. The van der Waals surface area contributed by atoms with Gasteiger partial charge in [-0.2, -0.15) is 0 Å². The van der Waals surface area contributed by atoms with E-state index >= 15 is 0 Å². The van der Waals surface area contributed by atoms with Gasteiger partial charge in [0.15, 0.2) is 0 Å². The normalized spacial score (nSPS) is 10.5. The van der Waals surface area contributed by atoms with E-state index in [-0.39, 0.29) is 6.03 Å². The number of carbonyl (C=O) groups excluding carboxylic acids is 1. The van der Waals surface area contributed by atoms with Gasteiger partial charge in [0, 0.05) is 17.3 Å². The summed E-state index contributed by atoms with van der Waals surface area (Å²) < 4.78 is 5.68. The van der Waals surface area contributed by atoms with Gasteiger partial charge in [-0.15, -0.1) is 0 Å². The number of hydrogen-bond donors (Lipinski definition) is 2.